The number of amides is 2. The molecule has 0 spiro atoms. The molecule has 2 saturated heterocycles. The van der Waals surface area contributed by atoms with Gasteiger partial charge >= 0.3 is 0 Å². The Bertz CT molecular complexity index is 685. The number of carbonyl (C=O) groups excluding carboxylic acids is 2. The van der Waals surface area contributed by atoms with E-state index in [0.717, 1.165) is 38.8 Å². The molecule has 0 bridgehead atoms. The molecule has 1 aromatic carbocycles. The molecule has 0 saturated carbocycles. The summed E-state index contributed by atoms with van der Waals surface area (Å²) in [6.45, 7) is 2.26. The highest BCUT2D eigenvalue weighted by Gasteiger charge is 2.27. The van der Waals surface area contributed by atoms with Crippen LogP contribution in [0.4, 0.5) is 11.4 Å². The van der Waals surface area contributed by atoms with Gasteiger partial charge in [-0.05, 0) is 38.2 Å². The van der Waals surface area contributed by atoms with Crippen LogP contribution < -0.4 is 15.5 Å². The Balaban J connectivity index is 1.87. The van der Waals surface area contributed by atoms with Crippen molar-refractivity contribution in [2.45, 2.75) is 38.1 Å². The second kappa shape index (κ2) is 7.50. The normalized spacial score (nSPS) is 20.7. The van der Waals surface area contributed by atoms with Crippen molar-refractivity contribution in [2.24, 2.45) is 0 Å². The minimum absolute atomic E-state index is 0.126. The van der Waals surface area contributed by atoms with E-state index in [2.05, 4.69) is 15.5 Å². The summed E-state index contributed by atoms with van der Waals surface area (Å²) in [6, 6.07) is 3.76. The molecule has 1 atom stereocenters. The maximum Gasteiger partial charge on any atom is 0.270 e. The van der Waals surface area contributed by atoms with Gasteiger partial charge in [-0.3, -0.25) is 19.7 Å². The molecule has 2 fully saturated rings. The first-order valence-electron chi connectivity index (χ1n) is 8.68. The predicted octanol–water partition coefficient (Wildman–Crippen LogP) is 1.59. The van der Waals surface area contributed by atoms with Crippen LogP contribution in [0, 0.1) is 10.1 Å². The van der Waals surface area contributed by atoms with Crippen LogP contribution in [0.2, 0.25) is 0 Å². The number of benzene rings is 1. The number of rotatable bonds is 4. The zero-order valence-corrected chi connectivity index (χ0v) is 14.0. The lowest BCUT2D eigenvalue weighted by Gasteiger charge is -2.22. The second-order valence-corrected chi connectivity index (χ2v) is 6.47. The van der Waals surface area contributed by atoms with Gasteiger partial charge in [-0.25, -0.2) is 0 Å². The number of hydrogen-bond donors (Lipinski definition) is 2. The van der Waals surface area contributed by atoms with Gasteiger partial charge in [0, 0.05) is 31.8 Å². The Hall–Kier alpha value is -2.64. The number of anilines is 1. The first-order valence-corrected chi connectivity index (χ1v) is 8.68. The van der Waals surface area contributed by atoms with Crippen molar-refractivity contribution in [1.82, 2.24) is 10.6 Å². The molecular formula is C17H22N4O4. The standard InChI is InChI=1S/C17H22N4O4/c22-16(19-14-5-1-2-8-18-17(14)23)13-11-12(21(24)25)6-7-15(13)20-9-3-4-10-20/h6-7,11,14H,1-5,8-10H2,(H,18,23)(H,19,22). The largest absolute Gasteiger partial charge is 0.371 e. The first-order chi connectivity index (χ1) is 12.1. The van der Waals surface area contributed by atoms with Crippen molar-refractivity contribution < 1.29 is 14.5 Å². The molecular weight excluding hydrogens is 324 g/mol. The Morgan fingerprint density at radius 1 is 1.24 bits per heavy atom. The van der Waals surface area contributed by atoms with E-state index in [1.54, 1.807) is 6.07 Å². The maximum absolute atomic E-state index is 12.8. The summed E-state index contributed by atoms with van der Waals surface area (Å²) in [5.74, 6) is -0.633. The highest BCUT2D eigenvalue weighted by atomic mass is 16.6. The summed E-state index contributed by atoms with van der Waals surface area (Å²) in [7, 11) is 0. The zero-order valence-electron chi connectivity index (χ0n) is 14.0. The third kappa shape index (κ3) is 3.89. The SMILES string of the molecule is O=C(NC1CCCCNC1=O)c1cc([N+](=O)[O-])ccc1N1CCCC1. The van der Waals surface area contributed by atoms with Gasteiger partial charge in [-0.2, -0.15) is 0 Å². The van der Waals surface area contributed by atoms with Crippen molar-refractivity contribution in [3.63, 3.8) is 0 Å². The molecule has 2 amide bonds. The average Bonchev–Trinajstić information content (AvgIpc) is 3.06. The zero-order chi connectivity index (χ0) is 17.8. The maximum atomic E-state index is 12.8. The monoisotopic (exact) mass is 346 g/mol. The number of carbonyl (C=O) groups is 2. The molecule has 25 heavy (non-hydrogen) atoms. The minimum atomic E-state index is -0.597. The Morgan fingerprint density at radius 2 is 2.00 bits per heavy atom. The minimum Gasteiger partial charge on any atom is -0.371 e. The molecule has 2 heterocycles. The quantitative estimate of drug-likeness (QED) is 0.636. The van der Waals surface area contributed by atoms with Gasteiger partial charge in [-0.15, -0.1) is 0 Å². The van der Waals surface area contributed by atoms with E-state index >= 15 is 0 Å². The van der Waals surface area contributed by atoms with Gasteiger partial charge in [0.15, 0.2) is 0 Å². The van der Waals surface area contributed by atoms with Crippen molar-refractivity contribution in [3.05, 3.63) is 33.9 Å². The lowest BCUT2D eigenvalue weighted by Crippen LogP contribution is -2.45. The van der Waals surface area contributed by atoms with Gasteiger partial charge in [0.1, 0.15) is 6.04 Å². The molecule has 1 unspecified atom stereocenters. The lowest BCUT2D eigenvalue weighted by molar-refractivity contribution is -0.384. The van der Waals surface area contributed by atoms with E-state index in [4.69, 9.17) is 0 Å². The number of nitrogens with zero attached hydrogens (tertiary/aromatic N) is 2. The molecule has 0 radical (unpaired) electrons. The van der Waals surface area contributed by atoms with Gasteiger partial charge in [0.2, 0.25) is 5.91 Å². The lowest BCUT2D eigenvalue weighted by atomic mass is 10.1. The fourth-order valence-electron chi connectivity index (χ4n) is 3.37. The Kier molecular flexibility index (Phi) is 5.16. The fourth-order valence-corrected chi connectivity index (χ4v) is 3.37. The van der Waals surface area contributed by atoms with Gasteiger partial charge in [0.25, 0.3) is 11.6 Å². The highest BCUT2D eigenvalue weighted by Crippen LogP contribution is 2.28. The third-order valence-corrected chi connectivity index (χ3v) is 4.72. The summed E-state index contributed by atoms with van der Waals surface area (Å²) in [6.07, 6.45) is 4.36. The molecule has 8 nitrogen and oxygen atoms in total. The first kappa shape index (κ1) is 17.2. The molecule has 0 aliphatic carbocycles. The molecule has 3 rings (SSSR count). The van der Waals surface area contributed by atoms with Crippen LogP contribution >= 0.6 is 0 Å². The Morgan fingerprint density at radius 3 is 2.72 bits per heavy atom. The van der Waals surface area contributed by atoms with Crippen LogP contribution in [0.3, 0.4) is 0 Å². The molecule has 134 valence electrons. The molecule has 2 N–H and O–H groups in total. The topological polar surface area (TPSA) is 105 Å². The van der Waals surface area contributed by atoms with E-state index in [1.165, 1.54) is 12.1 Å². The van der Waals surface area contributed by atoms with E-state index in [0.29, 0.717) is 18.7 Å². The smallest absolute Gasteiger partial charge is 0.270 e. The summed E-state index contributed by atoms with van der Waals surface area (Å²) in [4.78, 5) is 37.5. The molecule has 2 aliphatic rings. The summed E-state index contributed by atoms with van der Waals surface area (Å²) < 4.78 is 0. The van der Waals surface area contributed by atoms with Crippen molar-refractivity contribution in [3.8, 4) is 0 Å². The highest BCUT2D eigenvalue weighted by molar-refractivity contribution is 6.02. The summed E-state index contributed by atoms with van der Waals surface area (Å²) in [5.41, 5.74) is 0.821. The van der Waals surface area contributed by atoms with Crippen LogP contribution in [0.25, 0.3) is 0 Å². The number of nitrogens with one attached hydrogen (secondary N) is 2. The fraction of sp³-hybridized carbons (Fsp3) is 0.529. The van der Waals surface area contributed by atoms with E-state index < -0.39 is 16.9 Å². The Labute approximate surface area is 145 Å². The predicted molar refractivity (Wildman–Crippen MR) is 92.7 cm³/mol. The van der Waals surface area contributed by atoms with Crippen LogP contribution in [0.5, 0.6) is 0 Å². The van der Waals surface area contributed by atoms with Crippen LogP contribution in [-0.4, -0.2) is 42.4 Å². The summed E-state index contributed by atoms with van der Waals surface area (Å²) >= 11 is 0. The number of nitro groups is 1. The van der Waals surface area contributed by atoms with Gasteiger partial charge in [-0.1, -0.05) is 0 Å². The van der Waals surface area contributed by atoms with Crippen molar-refractivity contribution in [1.29, 1.82) is 0 Å². The van der Waals surface area contributed by atoms with Gasteiger partial charge in [0.05, 0.1) is 16.2 Å². The number of non-ortho nitro benzene ring substituents is 1. The van der Waals surface area contributed by atoms with E-state index in [1.807, 2.05) is 0 Å². The number of hydrogen-bond acceptors (Lipinski definition) is 5. The van der Waals surface area contributed by atoms with Crippen LogP contribution in [0.1, 0.15) is 42.5 Å². The average molecular weight is 346 g/mol. The third-order valence-electron chi connectivity index (χ3n) is 4.72. The number of nitro benzene ring substituents is 1. The van der Waals surface area contributed by atoms with E-state index in [9.17, 15) is 19.7 Å². The molecule has 8 heteroatoms. The molecule has 1 aromatic rings. The van der Waals surface area contributed by atoms with Gasteiger partial charge < -0.3 is 15.5 Å². The second-order valence-electron chi connectivity index (χ2n) is 6.47. The van der Waals surface area contributed by atoms with Crippen molar-refractivity contribution in [2.75, 3.05) is 24.5 Å². The van der Waals surface area contributed by atoms with E-state index in [-0.39, 0.29) is 17.2 Å². The molecule has 0 aromatic heterocycles. The summed E-state index contributed by atoms with van der Waals surface area (Å²) in [5, 5.41) is 16.6. The van der Waals surface area contributed by atoms with Crippen LogP contribution in [0.15, 0.2) is 18.2 Å². The molecule has 2 aliphatic heterocycles. The van der Waals surface area contributed by atoms with Crippen molar-refractivity contribution >= 4 is 23.2 Å². The van der Waals surface area contributed by atoms with Crippen LogP contribution in [-0.2, 0) is 4.79 Å².